The van der Waals surface area contributed by atoms with Crippen molar-refractivity contribution in [2.45, 2.75) is 38.1 Å². The molecule has 0 spiro atoms. The van der Waals surface area contributed by atoms with Crippen LogP contribution in [0.4, 0.5) is 19.3 Å². The molecular weight excluding hydrogens is 342 g/mol. The van der Waals surface area contributed by atoms with E-state index < -0.39 is 17.7 Å². The number of hydrogen-bond acceptors (Lipinski definition) is 3. The number of carbonyl (C=O) groups is 1. The Hall–Kier alpha value is -2.77. The third-order valence-corrected chi connectivity index (χ3v) is 4.49. The normalized spacial score (nSPS) is 14.4. The van der Waals surface area contributed by atoms with E-state index in [1.165, 1.54) is 23.7 Å². The van der Waals surface area contributed by atoms with Crippen molar-refractivity contribution < 1.29 is 13.6 Å². The van der Waals surface area contributed by atoms with E-state index in [-0.39, 0.29) is 24.3 Å². The van der Waals surface area contributed by atoms with Gasteiger partial charge in [0, 0.05) is 31.1 Å². The second-order valence-corrected chi connectivity index (χ2v) is 6.33. The van der Waals surface area contributed by atoms with Crippen LogP contribution in [-0.4, -0.2) is 22.1 Å². The highest BCUT2D eigenvalue weighted by molar-refractivity contribution is 5.89. The first-order chi connectivity index (χ1) is 12.5. The molecule has 2 amide bonds. The number of anilines is 1. The maximum absolute atomic E-state index is 13.5. The van der Waals surface area contributed by atoms with Crippen molar-refractivity contribution in [1.82, 2.24) is 14.9 Å². The second kappa shape index (κ2) is 8.07. The van der Waals surface area contributed by atoms with Crippen LogP contribution >= 0.6 is 0 Å². The topological polar surface area (TPSA) is 76.0 Å². The quantitative estimate of drug-likeness (QED) is 0.859. The van der Waals surface area contributed by atoms with Crippen molar-refractivity contribution in [3.63, 3.8) is 0 Å². The van der Waals surface area contributed by atoms with Gasteiger partial charge in [0.1, 0.15) is 11.6 Å². The van der Waals surface area contributed by atoms with Crippen molar-refractivity contribution in [3.05, 3.63) is 58.3 Å². The molecule has 1 aromatic carbocycles. The highest BCUT2D eigenvalue weighted by Crippen LogP contribution is 2.32. The van der Waals surface area contributed by atoms with Crippen LogP contribution < -0.4 is 16.2 Å². The smallest absolute Gasteiger partial charge is 0.319 e. The summed E-state index contributed by atoms with van der Waals surface area (Å²) in [6.07, 6.45) is 5.97. The third-order valence-electron chi connectivity index (χ3n) is 4.49. The first-order valence-electron chi connectivity index (χ1n) is 8.59. The molecule has 138 valence electrons. The number of amides is 2. The van der Waals surface area contributed by atoms with Crippen molar-refractivity contribution in [2.24, 2.45) is 0 Å². The molecule has 1 saturated carbocycles. The van der Waals surface area contributed by atoms with Crippen LogP contribution in [0, 0.1) is 11.6 Å². The number of nitrogens with zero attached hydrogens (tertiary/aromatic N) is 2. The number of halogens is 2. The molecule has 6 nitrogen and oxygen atoms in total. The Morgan fingerprint density at radius 2 is 2.00 bits per heavy atom. The number of rotatable bonds is 5. The van der Waals surface area contributed by atoms with Gasteiger partial charge in [0.2, 0.25) is 0 Å². The van der Waals surface area contributed by atoms with Crippen molar-refractivity contribution in [2.75, 3.05) is 11.9 Å². The molecule has 0 bridgehead atoms. The summed E-state index contributed by atoms with van der Waals surface area (Å²) in [4.78, 5) is 28.3. The van der Waals surface area contributed by atoms with Crippen molar-refractivity contribution in [3.8, 4) is 0 Å². The van der Waals surface area contributed by atoms with Gasteiger partial charge < -0.3 is 10.6 Å². The van der Waals surface area contributed by atoms with Crippen LogP contribution in [0.25, 0.3) is 0 Å². The molecule has 1 aliphatic rings. The van der Waals surface area contributed by atoms with Gasteiger partial charge in [-0.25, -0.2) is 18.6 Å². The molecule has 0 aliphatic heterocycles. The van der Waals surface area contributed by atoms with Gasteiger partial charge in [0.25, 0.3) is 5.56 Å². The van der Waals surface area contributed by atoms with E-state index in [4.69, 9.17) is 0 Å². The van der Waals surface area contributed by atoms with E-state index in [0.717, 1.165) is 30.7 Å². The molecule has 2 N–H and O–H groups in total. The lowest BCUT2D eigenvalue weighted by atomic mass is 10.0. The zero-order valence-electron chi connectivity index (χ0n) is 14.2. The van der Waals surface area contributed by atoms with Gasteiger partial charge in [-0.1, -0.05) is 12.8 Å². The Morgan fingerprint density at radius 1 is 1.23 bits per heavy atom. The summed E-state index contributed by atoms with van der Waals surface area (Å²) < 4.78 is 27.7. The molecule has 0 unspecified atom stereocenters. The third kappa shape index (κ3) is 4.44. The van der Waals surface area contributed by atoms with Gasteiger partial charge >= 0.3 is 6.03 Å². The van der Waals surface area contributed by atoms with Crippen LogP contribution in [0.2, 0.25) is 0 Å². The molecule has 0 radical (unpaired) electrons. The number of carbonyl (C=O) groups excluding carboxylic acids is 1. The molecule has 2 aromatic rings. The second-order valence-electron chi connectivity index (χ2n) is 6.33. The van der Waals surface area contributed by atoms with Gasteiger partial charge in [0.05, 0.1) is 17.7 Å². The summed E-state index contributed by atoms with van der Waals surface area (Å²) in [7, 11) is 0. The number of nitrogens with one attached hydrogen (secondary N) is 2. The van der Waals surface area contributed by atoms with E-state index in [1.54, 1.807) is 6.07 Å². The van der Waals surface area contributed by atoms with Gasteiger partial charge in [-0.2, -0.15) is 0 Å². The van der Waals surface area contributed by atoms with Gasteiger partial charge in [-0.15, -0.1) is 0 Å². The average Bonchev–Trinajstić information content (AvgIpc) is 3.13. The molecule has 26 heavy (non-hydrogen) atoms. The molecule has 8 heteroatoms. The fraction of sp³-hybridized carbons (Fsp3) is 0.389. The lowest BCUT2D eigenvalue weighted by molar-refractivity contribution is 0.251. The lowest BCUT2D eigenvalue weighted by Gasteiger charge is -2.11. The molecule has 1 aromatic heterocycles. The van der Waals surface area contributed by atoms with E-state index in [9.17, 15) is 18.4 Å². The van der Waals surface area contributed by atoms with E-state index >= 15 is 0 Å². The maximum atomic E-state index is 13.5. The predicted molar refractivity (Wildman–Crippen MR) is 93.1 cm³/mol. The van der Waals surface area contributed by atoms with Gasteiger partial charge in [-0.05, 0) is 25.0 Å². The maximum Gasteiger partial charge on any atom is 0.319 e. The standard InChI is InChI=1S/C18H20F2N4O2/c19-13-5-6-15(14(20)9-13)23-18(26)21-7-8-24-11-22-16(10-17(24)25)12-3-1-2-4-12/h5-6,9-12H,1-4,7-8H2,(H2,21,23,26). The van der Waals surface area contributed by atoms with Crippen LogP contribution in [0.3, 0.4) is 0 Å². The van der Waals surface area contributed by atoms with E-state index in [2.05, 4.69) is 15.6 Å². The highest BCUT2D eigenvalue weighted by Gasteiger charge is 2.18. The number of aromatic nitrogens is 2. The fourth-order valence-electron chi connectivity index (χ4n) is 3.10. The lowest BCUT2D eigenvalue weighted by Crippen LogP contribution is -2.34. The Kier molecular flexibility index (Phi) is 5.60. The van der Waals surface area contributed by atoms with Crippen molar-refractivity contribution >= 4 is 11.7 Å². The molecule has 1 heterocycles. The molecule has 0 atom stereocenters. The Balaban J connectivity index is 1.51. The molecule has 1 fully saturated rings. The first kappa shape index (κ1) is 18.0. The fourth-order valence-corrected chi connectivity index (χ4v) is 3.10. The van der Waals surface area contributed by atoms with Crippen LogP contribution in [-0.2, 0) is 6.54 Å². The first-order valence-corrected chi connectivity index (χ1v) is 8.59. The highest BCUT2D eigenvalue weighted by atomic mass is 19.1. The number of hydrogen-bond donors (Lipinski definition) is 2. The minimum Gasteiger partial charge on any atom is -0.336 e. The average molecular weight is 362 g/mol. The molecule has 1 aliphatic carbocycles. The largest absolute Gasteiger partial charge is 0.336 e. The summed E-state index contributed by atoms with van der Waals surface area (Å²) in [6.45, 7) is 0.412. The zero-order valence-corrected chi connectivity index (χ0v) is 14.2. The van der Waals surface area contributed by atoms with Gasteiger partial charge in [-0.3, -0.25) is 9.36 Å². The number of urea groups is 1. The Bertz CT molecular complexity index is 847. The predicted octanol–water partition coefficient (Wildman–Crippen LogP) is 3.00. The van der Waals surface area contributed by atoms with E-state index in [0.29, 0.717) is 12.0 Å². The summed E-state index contributed by atoms with van der Waals surface area (Å²) >= 11 is 0. The molecular formula is C18H20F2N4O2. The summed E-state index contributed by atoms with van der Waals surface area (Å²) in [5.74, 6) is -1.21. The minimum absolute atomic E-state index is 0.122. The van der Waals surface area contributed by atoms with Crippen LogP contribution in [0.1, 0.15) is 37.3 Å². The molecule has 3 rings (SSSR count). The Morgan fingerprint density at radius 3 is 2.69 bits per heavy atom. The Labute approximate surface area is 149 Å². The van der Waals surface area contributed by atoms with Gasteiger partial charge in [0.15, 0.2) is 0 Å². The zero-order chi connectivity index (χ0) is 18.5. The monoisotopic (exact) mass is 362 g/mol. The van der Waals surface area contributed by atoms with Crippen LogP contribution in [0.5, 0.6) is 0 Å². The molecule has 0 saturated heterocycles. The van der Waals surface area contributed by atoms with Crippen molar-refractivity contribution in [1.29, 1.82) is 0 Å². The summed E-state index contributed by atoms with van der Waals surface area (Å²) in [5, 5.41) is 4.81. The number of benzene rings is 1. The van der Waals surface area contributed by atoms with Crippen LogP contribution in [0.15, 0.2) is 35.4 Å². The summed E-state index contributed by atoms with van der Waals surface area (Å²) in [5.41, 5.74) is 0.554. The minimum atomic E-state index is -0.858. The SMILES string of the molecule is O=C(NCCn1cnc(C2CCCC2)cc1=O)Nc1ccc(F)cc1F. The van der Waals surface area contributed by atoms with E-state index in [1.807, 2.05) is 0 Å². The summed E-state index contributed by atoms with van der Waals surface area (Å²) in [6, 6.07) is 3.80.